The van der Waals surface area contributed by atoms with Crippen molar-refractivity contribution in [3.8, 4) is 11.1 Å². The van der Waals surface area contributed by atoms with Crippen molar-refractivity contribution in [1.82, 2.24) is 24.4 Å². The molecule has 5 heterocycles. The fourth-order valence-corrected chi connectivity index (χ4v) is 4.34. The van der Waals surface area contributed by atoms with Crippen molar-refractivity contribution in [2.24, 2.45) is 0 Å². The van der Waals surface area contributed by atoms with Crippen molar-refractivity contribution in [2.45, 2.75) is 0 Å². The van der Waals surface area contributed by atoms with E-state index in [1.54, 1.807) is 0 Å². The fraction of sp³-hybridized carbons (Fsp3) is 0.103. The topological polar surface area (TPSA) is 57.4 Å². The maximum Gasteiger partial charge on any atom is 0.132 e. The number of fused-ring (bicyclic) bond motifs is 8. The average Bonchev–Trinajstić information content (AvgIpc) is 3.58. The molecule has 8 bridgehead atoms. The predicted octanol–water partition coefficient (Wildman–Crippen LogP) is 3.52. The summed E-state index contributed by atoms with van der Waals surface area (Å²) in [5.41, 5.74) is 11.3. The molecule has 2 aliphatic heterocycles. The average molecular weight is 480 g/mol. The van der Waals surface area contributed by atoms with Crippen LogP contribution in [0.4, 0.5) is 5.69 Å². The van der Waals surface area contributed by atoms with Gasteiger partial charge in [0.2, 0.25) is 0 Å². The third-order valence-corrected chi connectivity index (χ3v) is 6.12. The number of hydrogen-bond acceptors (Lipinski definition) is 2. The molecule has 2 N–H and O–H groups in total. The van der Waals surface area contributed by atoms with Gasteiger partial charge in [-0.3, -0.25) is 4.48 Å². The molecule has 6 heteroatoms. The van der Waals surface area contributed by atoms with Crippen LogP contribution in [0, 0.1) is 0 Å². The van der Waals surface area contributed by atoms with Crippen molar-refractivity contribution < 1.29 is 12.4 Å². The lowest BCUT2D eigenvalue weighted by Crippen LogP contribution is -3.00. The van der Waals surface area contributed by atoms with Crippen LogP contribution in [-0.2, 0) is 0 Å². The molecule has 2 aliphatic rings. The molecule has 0 amide bonds. The molecule has 5 nitrogen and oxygen atoms in total. The maximum atomic E-state index is 4.81. The van der Waals surface area contributed by atoms with Crippen LogP contribution in [0.3, 0.4) is 0 Å². The van der Waals surface area contributed by atoms with Crippen LogP contribution in [0.2, 0.25) is 0 Å². The van der Waals surface area contributed by atoms with Gasteiger partial charge in [-0.15, -0.1) is 0 Å². The van der Waals surface area contributed by atoms with E-state index in [2.05, 4.69) is 104 Å². The van der Waals surface area contributed by atoms with Gasteiger partial charge >= 0.3 is 0 Å². The number of benzene rings is 1. The summed E-state index contributed by atoms with van der Waals surface area (Å²) in [6.07, 6.45) is 8.19. The monoisotopic (exact) mass is 479 g/mol. The van der Waals surface area contributed by atoms with Crippen LogP contribution in [-0.4, -0.2) is 41.1 Å². The molecule has 0 aliphatic carbocycles. The van der Waals surface area contributed by atoms with Crippen molar-refractivity contribution in [3.05, 3.63) is 89.5 Å². The van der Waals surface area contributed by atoms with Gasteiger partial charge in [0.15, 0.2) is 0 Å². The number of nitrogens with zero attached hydrogens (tertiary/aromatic N) is 3. The highest BCUT2D eigenvalue weighted by Crippen LogP contribution is 2.30. The van der Waals surface area contributed by atoms with E-state index in [0.717, 1.165) is 54.9 Å². The van der Waals surface area contributed by atoms with Crippen LogP contribution in [0.25, 0.3) is 57.5 Å². The number of quaternary nitrogens is 1. The molecule has 0 saturated carbocycles. The lowest BCUT2D eigenvalue weighted by molar-refractivity contribution is -0.00000709. The Labute approximate surface area is 210 Å². The second-order valence-electron chi connectivity index (χ2n) is 9.65. The fourth-order valence-electron chi connectivity index (χ4n) is 4.34. The van der Waals surface area contributed by atoms with Gasteiger partial charge in [-0.2, -0.15) is 0 Å². The Kier molecular flexibility index (Phi) is 5.67. The molecule has 6 rings (SSSR count). The minimum atomic E-state index is 0. The van der Waals surface area contributed by atoms with E-state index in [-0.39, 0.29) is 12.4 Å². The molecule has 3 aromatic heterocycles. The Hall–Kier alpha value is -3.93. The lowest BCUT2D eigenvalue weighted by Gasteiger charge is -2.23. The van der Waals surface area contributed by atoms with Crippen LogP contribution in [0.15, 0.2) is 66.7 Å². The number of aromatic amines is 2. The standard InChI is InChI=1S/C29H26N5.ClH/c1-34(2,3)27-12-4-19(5-13-27)28-17-26-16-24-9-8-22(31-24)14-20-6-7-21(30-20)15-23-10-11-25(32-23)18-29(28)33-26;/h4-18,30,33H,1-3H3;1H/q+1;/p-1. The first kappa shape index (κ1) is 22.8. The molecular weight excluding hydrogens is 454 g/mol. The van der Waals surface area contributed by atoms with E-state index in [1.807, 2.05) is 18.2 Å². The normalized spacial score (nSPS) is 12.5. The summed E-state index contributed by atoms with van der Waals surface area (Å²) in [4.78, 5) is 16.6. The Bertz CT molecular complexity index is 1630. The number of hydrogen-bond donors (Lipinski definition) is 2. The van der Waals surface area contributed by atoms with E-state index in [4.69, 9.17) is 9.97 Å². The smallest absolute Gasteiger partial charge is 0.132 e. The second-order valence-corrected chi connectivity index (χ2v) is 9.65. The summed E-state index contributed by atoms with van der Waals surface area (Å²) in [5.74, 6) is 0. The molecule has 0 atom stereocenters. The summed E-state index contributed by atoms with van der Waals surface area (Å²) in [5, 5.41) is 0. The van der Waals surface area contributed by atoms with Crippen LogP contribution in [0.1, 0.15) is 22.8 Å². The lowest BCUT2D eigenvalue weighted by atomic mass is 10.1. The summed E-state index contributed by atoms with van der Waals surface area (Å²) in [6.45, 7) is 0. The molecule has 35 heavy (non-hydrogen) atoms. The number of aromatic nitrogens is 4. The van der Waals surface area contributed by atoms with Gasteiger partial charge in [0.25, 0.3) is 0 Å². The highest BCUT2D eigenvalue weighted by atomic mass is 35.5. The Morgan fingerprint density at radius 3 is 1.63 bits per heavy atom. The minimum Gasteiger partial charge on any atom is -1.00 e. The molecule has 1 aromatic carbocycles. The van der Waals surface area contributed by atoms with E-state index < -0.39 is 0 Å². The van der Waals surface area contributed by atoms with E-state index in [1.165, 1.54) is 11.3 Å². The summed E-state index contributed by atoms with van der Waals surface area (Å²) < 4.78 is 0.784. The Morgan fingerprint density at radius 1 is 0.571 bits per heavy atom. The minimum absolute atomic E-state index is 0. The van der Waals surface area contributed by atoms with Crippen molar-refractivity contribution in [1.29, 1.82) is 0 Å². The highest BCUT2D eigenvalue weighted by Gasteiger charge is 2.13. The first-order valence-corrected chi connectivity index (χ1v) is 11.4. The molecule has 4 aromatic rings. The van der Waals surface area contributed by atoms with Crippen molar-refractivity contribution >= 4 is 52.1 Å². The second kappa shape index (κ2) is 8.69. The molecule has 174 valence electrons. The number of halogens is 1. The quantitative estimate of drug-likeness (QED) is 0.373. The first-order valence-electron chi connectivity index (χ1n) is 11.4. The first-order chi connectivity index (χ1) is 16.4. The summed E-state index contributed by atoms with van der Waals surface area (Å²) >= 11 is 0. The number of nitrogens with one attached hydrogen (secondary N) is 2. The van der Waals surface area contributed by atoms with Gasteiger partial charge in [0.1, 0.15) is 5.69 Å². The highest BCUT2D eigenvalue weighted by molar-refractivity contribution is 5.88. The molecule has 0 spiro atoms. The zero-order valence-electron chi connectivity index (χ0n) is 19.9. The van der Waals surface area contributed by atoms with E-state index in [9.17, 15) is 0 Å². The Morgan fingerprint density at radius 2 is 1.09 bits per heavy atom. The van der Waals surface area contributed by atoms with Crippen LogP contribution < -0.4 is 16.9 Å². The van der Waals surface area contributed by atoms with Gasteiger partial charge in [-0.25, -0.2) is 9.97 Å². The zero-order chi connectivity index (χ0) is 23.3. The van der Waals surface area contributed by atoms with Gasteiger partial charge < -0.3 is 22.4 Å². The third kappa shape index (κ3) is 4.69. The molecule has 0 fully saturated rings. The van der Waals surface area contributed by atoms with Crippen molar-refractivity contribution in [2.75, 3.05) is 21.1 Å². The Balaban J connectivity index is 0.00000253. The predicted molar refractivity (Wildman–Crippen MR) is 144 cm³/mol. The summed E-state index contributed by atoms with van der Waals surface area (Å²) in [7, 11) is 6.53. The van der Waals surface area contributed by atoms with Crippen LogP contribution in [0.5, 0.6) is 0 Å². The van der Waals surface area contributed by atoms with E-state index >= 15 is 0 Å². The number of H-pyrrole nitrogens is 2. The number of rotatable bonds is 2. The maximum absolute atomic E-state index is 4.81. The third-order valence-electron chi connectivity index (χ3n) is 6.12. The summed E-state index contributed by atoms with van der Waals surface area (Å²) in [6, 6.07) is 23.4. The van der Waals surface area contributed by atoms with Gasteiger partial charge in [0.05, 0.1) is 43.9 Å². The van der Waals surface area contributed by atoms with Crippen molar-refractivity contribution in [3.63, 3.8) is 0 Å². The van der Waals surface area contributed by atoms with Crippen LogP contribution >= 0.6 is 0 Å². The molecule has 0 saturated heterocycles. The largest absolute Gasteiger partial charge is 1.00 e. The zero-order valence-corrected chi connectivity index (χ0v) is 20.6. The van der Waals surface area contributed by atoms with Gasteiger partial charge in [0, 0.05) is 27.6 Å². The molecule has 0 radical (unpaired) electrons. The molecule has 0 unspecified atom stereocenters. The van der Waals surface area contributed by atoms with Gasteiger partial charge in [-0.1, -0.05) is 0 Å². The van der Waals surface area contributed by atoms with Gasteiger partial charge in [-0.05, 0) is 96.6 Å². The molecular formula is C29H26ClN5. The van der Waals surface area contributed by atoms with E-state index in [0.29, 0.717) is 0 Å². The SMILES string of the molecule is C[N+](C)(C)c1ccc(-c2cc3cc4nc(cc5ccc(cc6nc(cc2[nH]3)C=C6)[nH]5)C=C4)cc1.[Cl-].